The van der Waals surface area contributed by atoms with Crippen LogP contribution in [0.25, 0.3) is 10.9 Å². The van der Waals surface area contributed by atoms with E-state index >= 15 is 0 Å². The molecule has 5 nitrogen and oxygen atoms in total. The zero-order valence-corrected chi connectivity index (χ0v) is 19.3. The highest BCUT2D eigenvalue weighted by atomic mass is 127. The fourth-order valence-corrected chi connectivity index (χ4v) is 3.74. The summed E-state index contributed by atoms with van der Waals surface area (Å²) in [6.45, 7) is 6.56. The Morgan fingerprint density at radius 3 is 2.82 bits per heavy atom. The van der Waals surface area contributed by atoms with Gasteiger partial charge in [-0.05, 0) is 56.0 Å². The van der Waals surface area contributed by atoms with Gasteiger partial charge in [0.25, 0.3) is 0 Å². The molecular weight excluding hydrogens is 468 g/mol. The van der Waals surface area contributed by atoms with Crippen molar-refractivity contribution >= 4 is 40.8 Å². The van der Waals surface area contributed by atoms with E-state index in [0.717, 1.165) is 61.3 Å². The Morgan fingerprint density at radius 1 is 1.32 bits per heavy atom. The van der Waals surface area contributed by atoms with E-state index in [0.29, 0.717) is 6.04 Å². The van der Waals surface area contributed by atoms with Crippen molar-refractivity contribution in [2.45, 2.75) is 45.1 Å². The Labute approximate surface area is 184 Å². The number of unbranched alkanes of at least 4 members (excludes halogenated alkanes) is 1. The number of benzene rings is 1. The smallest absolute Gasteiger partial charge is 0.191 e. The van der Waals surface area contributed by atoms with Crippen molar-refractivity contribution in [1.29, 1.82) is 0 Å². The van der Waals surface area contributed by atoms with Crippen LogP contribution in [-0.2, 0) is 6.42 Å². The van der Waals surface area contributed by atoms with Crippen LogP contribution in [0.3, 0.4) is 0 Å². The minimum atomic E-state index is -0.195. The van der Waals surface area contributed by atoms with Gasteiger partial charge in [0.1, 0.15) is 5.82 Å². The second-order valence-corrected chi connectivity index (χ2v) is 7.37. The van der Waals surface area contributed by atoms with Gasteiger partial charge in [-0.1, -0.05) is 13.3 Å². The number of guanidine groups is 1. The second kappa shape index (κ2) is 11.6. The summed E-state index contributed by atoms with van der Waals surface area (Å²) in [6, 6.07) is 5.35. The van der Waals surface area contributed by atoms with Crippen LogP contribution in [0.1, 0.15) is 38.2 Å². The molecule has 0 spiro atoms. The van der Waals surface area contributed by atoms with E-state index < -0.39 is 0 Å². The van der Waals surface area contributed by atoms with E-state index in [-0.39, 0.29) is 29.8 Å². The number of piperidine rings is 1. The summed E-state index contributed by atoms with van der Waals surface area (Å²) in [5, 5.41) is 7.91. The number of hydrogen-bond acceptors (Lipinski definition) is 2. The predicted molar refractivity (Wildman–Crippen MR) is 126 cm³/mol. The predicted octanol–water partition coefficient (Wildman–Crippen LogP) is 3.90. The quantitative estimate of drug-likeness (QED) is 0.307. The van der Waals surface area contributed by atoms with Crippen molar-refractivity contribution in [3.8, 4) is 0 Å². The van der Waals surface area contributed by atoms with Crippen molar-refractivity contribution < 1.29 is 4.39 Å². The first kappa shape index (κ1) is 22.9. The van der Waals surface area contributed by atoms with Crippen LogP contribution < -0.4 is 10.6 Å². The van der Waals surface area contributed by atoms with Gasteiger partial charge in [0.2, 0.25) is 0 Å². The van der Waals surface area contributed by atoms with E-state index in [4.69, 9.17) is 0 Å². The maximum absolute atomic E-state index is 13.5. The number of likely N-dealkylation sites (tertiary alicyclic amines) is 1. The normalized spacial score (nSPS) is 16.2. The molecule has 0 atom stereocenters. The van der Waals surface area contributed by atoms with Crippen LogP contribution in [-0.4, -0.2) is 55.1 Å². The van der Waals surface area contributed by atoms with Crippen molar-refractivity contribution in [2.24, 2.45) is 4.99 Å². The molecule has 1 aliphatic heterocycles. The topological polar surface area (TPSA) is 55.4 Å². The van der Waals surface area contributed by atoms with Gasteiger partial charge in [-0.15, -0.1) is 24.0 Å². The molecule has 2 aromatic rings. The zero-order valence-electron chi connectivity index (χ0n) is 16.9. The lowest BCUT2D eigenvalue weighted by Crippen LogP contribution is -2.49. The van der Waals surface area contributed by atoms with Crippen LogP contribution >= 0.6 is 24.0 Å². The number of hydrogen-bond donors (Lipinski definition) is 3. The minimum Gasteiger partial charge on any atom is -0.361 e. The molecule has 1 saturated heterocycles. The van der Waals surface area contributed by atoms with E-state index in [2.05, 4.69) is 32.4 Å². The average molecular weight is 501 g/mol. The molecule has 28 heavy (non-hydrogen) atoms. The highest BCUT2D eigenvalue weighted by Gasteiger charge is 2.19. The van der Waals surface area contributed by atoms with Gasteiger partial charge < -0.3 is 20.5 Å². The summed E-state index contributed by atoms with van der Waals surface area (Å²) >= 11 is 0. The largest absolute Gasteiger partial charge is 0.361 e. The number of H-pyrrole nitrogens is 1. The van der Waals surface area contributed by atoms with Crippen molar-refractivity contribution in [3.63, 3.8) is 0 Å². The van der Waals surface area contributed by atoms with Gasteiger partial charge in [-0.3, -0.25) is 4.99 Å². The van der Waals surface area contributed by atoms with Crippen LogP contribution in [0.5, 0.6) is 0 Å². The Hall–Kier alpha value is -1.35. The molecule has 3 rings (SSSR count). The fourth-order valence-electron chi connectivity index (χ4n) is 3.74. The third-order valence-corrected chi connectivity index (χ3v) is 5.40. The van der Waals surface area contributed by atoms with E-state index in [1.54, 1.807) is 12.1 Å². The Morgan fingerprint density at radius 2 is 2.11 bits per heavy atom. The van der Waals surface area contributed by atoms with Gasteiger partial charge >= 0.3 is 0 Å². The number of aliphatic imine (C=N–C) groups is 1. The number of nitrogens with zero attached hydrogens (tertiary/aromatic N) is 2. The molecule has 7 heteroatoms. The number of nitrogens with one attached hydrogen (secondary N) is 3. The monoisotopic (exact) mass is 501 g/mol. The van der Waals surface area contributed by atoms with Crippen molar-refractivity contribution in [3.05, 3.63) is 35.8 Å². The molecule has 0 aliphatic carbocycles. The summed E-state index contributed by atoms with van der Waals surface area (Å²) in [5.74, 6) is 0.659. The first-order valence-corrected chi connectivity index (χ1v) is 10.1. The molecule has 0 radical (unpaired) electrons. The standard InChI is InChI=1S/C21H32FN5.HI/c1-3-4-11-27-12-8-18(9-13-27)26-21(23-2)24-10-7-16-15-25-20-6-5-17(22)14-19(16)20;/h5-6,14-15,18,25H,3-4,7-13H2,1-2H3,(H2,23,24,26);1H. The SMILES string of the molecule is CCCCN1CCC(NC(=NC)NCCc2c[nH]c3ccc(F)cc23)CC1.I. The van der Waals surface area contributed by atoms with Crippen LogP contribution in [0.4, 0.5) is 4.39 Å². The lowest BCUT2D eigenvalue weighted by atomic mass is 10.0. The number of halogens is 2. The Kier molecular flexibility index (Phi) is 9.50. The van der Waals surface area contributed by atoms with Gasteiger partial charge in [0.15, 0.2) is 5.96 Å². The fraction of sp³-hybridized carbons (Fsp3) is 0.571. The third kappa shape index (κ3) is 6.34. The molecule has 1 fully saturated rings. The molecule has 1 aliphatic rings. The molecule has 0 unspecified atom stereocenters. The molecule has 0 saturated carbocycles. The van der Waals surface area contributed by atoms with Gasteiger partial charge in [0.05, 0.1) is 0 Å². The molecule has 0 amide bonds. The third-order valence-electron chi connectivity index (χ3n) is 5.40. The highest BCUT2D eigenvalue weighted by Crippen LogP contribution is 2.19. The van der Waals surface area contributed by atoms with E-state index in [1.807, 2.05) is 13.2 Å². The highest BCUT2D eigenvalue weighted by molar-refractivity contribution is 14.0. The van der Waals surface area contributed by atoms with Gasteiger partial charge in [-0.25, -0.2) is 4.39 Å². The van der Waals surface area contributed by atoms with Gasteiger partial charge in [-0.2, -0.15) is 0 Å². The first-order valence-electron chi connectivity index (χ1n) is 10.1. The first-order chi connectivity index (χ1) is 13.2. The zero-order chi connectivity index (χ0) is 19.1. The van der Waals surface area contributed by atoms with E-state index in [1.165, 1.54) is 25.5 Å². The maximum atomic E-state index is 13.5. The summed E-state index contributed by atoms with van der Waals surface area (Å²) in [4.78, 5) is 10.1. The number of fused-ring (bicyclic) bond motifs is 1. The molecule has 3 N–H and O–H groups in total. The summed E-state index contributed by atoms with van der Waals surface area (Å²) in [5.41, 5.74) is 2.10. The maximum Gasteiger partial charge on any atom is 0.191 e. The van der Waals surface area contributed by atoms with Crippen LogP contribution in [0.15, 0.2) is 29.4 Å². The molecule has 2 heterocycles. The average Bonchev–Trinajstić information content (AvgIpc) is 3.08. The summed E-state index contributed by atoms with van der Waals surface area (Å²) < 4.78 is 13.5. The number of aromatic nitrogens is 1. The Balaban J connectivity index is 0.00000280. The number of aromatic amines is 1. The summed E-state index contributed by atoms with van der Waals surface area (Å²) in [7, 11) is 1.81. The molecular formula is C21H33FIN5. The van der Waals surface area contributed by atoms with Crippen LogP contribution in [0.2, 0.25) is 0 Å². The molecule has 1 aromatic heterocycles. The molecule has 156 valence electrons. The molecule has 1 aromatic carbocycles. The van der Waals surface area contributed by atoms with Crippen molar-refractivity contribution in [2.75, 3.05) is 33.2 Å². The Bertz CT molecular complexity index is 752. The second-order valence-electron chi connectivity index (χ2n) is 7.37. The van der Waals surface area contributed by atoms with Crippen LogP contribution in [0, 0.1) is 5.82 Å². The lowest BCUT2D eigenvalue weighted by molar-refractivity contribution is 0.203. The summed E-state index contributed by atoms with van der Waals surface area (Å²) in [6.07, 6.45) is 7.66. The van der Waals surface area contributed by atoms with Crippen molar-refractivity contribution in [1.82, 2.24) is 20.5 Å². The molecule has 0 bridgehead atoms. The van der Waals surface area contributed by atoms with Gasteiger partial charge in [0, 0.05) is 49.8 Å². The number of rotatable bonds is 7. The van der Waals surface area contributed by atoms with E-state index in [9.17, 15) is 4.39 Å². The minimum absolute atomic E-state index is 0. The lowest BCUT2D eigenvalue weighted by Gasteiger charge is -2.33.